The van der Waals surface area contributed by atoms with Crippen molar-refractivity contribution in [3.05, 3.63) is 45.8 Å². The first-order chi connectivity index (χ1) is 10.1. The van der Waals surface area contributed by atoms with Crippen molar-refractivity contribution in [2.24, 2.45) is 0 Å². The molecule has 1 aliphatic heterocycles. The number of hydrogen-bond donors (Lipinski definition) is 0. The van der Waals surface area contributed by atoms with Crippen molar-refractivity contribution in [1.82, 2.24) is 0 Å². The lowest BCUT2D eigenvalue weighted by Gasteiger charge is -2.29. The van der Waals surface area contributed by atoms with Gasteiger partial charge in [-0.2, -0.15) is 5.26 Å². The van der Waals surface area contributed by atoms with E-state index in [1.54, 1.807) is 11.8 Å². The van der Waals surface area contributed by atoms with Gasteiger partial charge < -0.3 is 14.1 Å². The minimum Gasteiger partial charge on any atom is -0.490 e. The van der Waals surface area contributed by atoms with Crippen molar-refractivity contribution >= 4 is 27.5 Å². The number of anilines is 1. The minimum atomic E-state index is -0.194. The third kappa shape index (κ3) is 2.41. The smallest absolute Gasteiger partial charge is 0.262 e. The van der Waals surface area contributed by atoms with E-state index < -0.39 is 0 Å². The second kappa shape index (κ2) is 5.26. The summed E-state index contributed by atoms with van der Waals surface area (Å²) in [7, 11) is 0. The summed E-state index contributed by atoms with van der Waals surface area (Å²) < 4.78 is 11.7. The van der Waals surface area contributed by atoms with E-state index in [-0.39, 0.29) is 11.7 Å². The Morgan fingerprint density at radius 3 is 2.95 bits per heavy atom. The molecular formula is C15H11BrN2O3. The summed E-state index contributed by atoms with van der Waals surface area (Å²) in [5.41, 5.74) is 1.11. The molecule has 1 aromatic carbocycles. The number of hydrogen-bond acceptors (Lipinski definition) is 4. The highest BCUT2D eigenvalue weighted by Gasteiger charge is 2.27. The van der Waals surface area contributed by atoms with Crippen LogP contribution in [0.1, 0.15) is 21.9 Å². The Balaban J connectivity index is 2.02. The maximum absolute atomic E-state index is 12.7. The molecule has 3 rings (SSSR count). The number of fused-ring (bicyclic) bond motifs is 1. The largest absolute Gasteiger partial charge is 0.490 e. The molecule has 0 bridgehead atoms. The molecule has 0 N–H and O–H groups in total. The molecule has 1 aromatic heterocycles. The van der Waals surface area contributed by atoms with E-state index in [1.165, 1.54) is 6.07 Å². The third-order valence-corrected chi connectivity index (χ3v) is 3.78. The first kappa shape index (κ1) is 13.7. The maximum atomic E-state index is 12.7. The van der Waals surface area contributed by atoms with Gasteiger partial charge in [0.2, 0.25) is 5.76 Å². The van der Waals surface area contributed by atoms with E-state index in [9.17, 15) is 4.79 Å². The van der Waals surface area contributed by atoms with Crippen LogP contribution in [0.2, 0.25) is 0 Å². The molecular weight excluding hydrogens is 336 g/mol. The molecule has 106 valence electrons. The summed E-state index contributed by atoms with van der Waals surface area (Å²) >= 11 is 3.40. The Morgan fingerprint density at radius 2 is 2.24 bits per heavy atom. The second-order valence-electron chi connectivity index (χ2n) is 4.61. The molecule has 6 heteroatoms. The van der Waals surface area contributed by atoms with Gasteiger partial charge in [-0.15, -0.1) is 0 Å². The van der Waals surface area contributed by atoms with Crippen LogP contribution in [0.5, 0.6) is 5.75 Å². The fourth-order valence-corrected chi connectivity index (χ4v) is 2.65. The Labute approximate surface area is 129 Å². The number of aryl methyl sites for hydroxylation is 1. The number of halogens is 1. The van der Waals surface area contributed by atoms with Crippen molar-refractivity contribution in [3.63, 3.8) is 0 Å². The summed E-state index contributed by atoms with van der Waals surface area (Å²) in [5.74, 6) is 1.05. The van der Waals surface area contributed by atoms with E-state index in [0.717, 1.165) is 4.47 Å². The molecule has 2 aromatic rings. The summed E-state index contributed by atoms with van der Waals surface area (Å²) in [6, 6.07) is 8.91. The van der Waals surface area contributed by atoms with Crippen molar-refractivity contribution in [2.45, 2.75) is 6.92 Å². The average Bonchev–Trinajstić information content (AvgIpc) is 2.87. The van der Waals surface area contributed by atoms with Gasteiger partial charge in [0.25, 0.3) is 5.91 Å². The van der Waals surface area contributed by atoms with Gasteiger partial charge in [-0.3, -0.25) is 4.79 Å². The number of nitrogens with zero attached hydrogens (tertiary/aromatic N) is 2. The van der Waals surface area contributed by atoms with E-state index >= 15 is 0 Å². The molecule has 0 radical (unpaired) electrons. The van der Waals surface area contributed by atoms with Gasteiger partial charge in [-0.05, 0) is 25.1 Å². The van der Waals surface area contributed by atoms with Crippen LogP contribution in [-0.4, -0.2) is 19.1 Å². The lowest BCUT2D eigenvalue weighted by atomic mass is 10.1. The molecule has 0 saturated heterocycles. The summed E-state index contributed by atoms with van der Waals surface area (Å²) in [4.78, 5) is 14.4. The van der Waals surface area contributed by atoms with Crippen molar-refractivity contribution in [3.8, 4) is 11.8 Å². The van der Waals surface area contributed by atoms with Crippen molar-refractivity contribution in [1.29, 1.82) is 5.26 Å². The van der Waals surface area contributed by atoms with Crippen LogP contribution in [-0.2, 0) is 0 Å². The predicted octanol–water partition coefficient (Wildman–Crippen LogP) is 3.26. The summed E-state index contributed by atoms with van der Waals surface area (Å²) in [5, 5.41) is 8.87. The SMILES string of the molecule is Cc1oc(C#N)cc1C(=O)N1CCOc2ccc(Br)cc21. The van der Waals surface area contributed by atoms with E-state index in [0.29, 0.717) is 35.9 Å². The normalized spacial score (nSPS) is 13.3. The standard InChI is InChI=1S/C15H11BrN2O3/c1-9-12(7-11(8-17)21-9)15(19)18-4-5-20-14-3-2-10(16)6-13(14)18/h2-3,6-7H,4-5H2,1H3. The number of nitriles is 1. The Hall–Kier alpha value is -2.26. The molecule has 1 aliphatic rings. The van der Waals surface area contributed by atoms with E-state index in [4.69, 9.17) is 14.4 Å². The molecule has 0 fully saturated rings. The van der Waals surface area contributed by atoms with Crippen molar-refractivity contribution in [2.75, 3.05) is 18.1 Å². The first-order valence-corrected chi connectivity index (χ1v) is 7.14. The molecule has 0 unspecified atom stereocenters. The van der Waals surface area contributed by atoms with Gasteiger partial charge in [0, 0.05) is 10.5 Å². The number of carbonyl (C=O) groups is 1. The van der Waals surface area contributed by atoms with Gasteiger partial charge >= 0.3 is 0 Å². The zero-order chi connectivity index (χ0) is 15.0. The van der Waals surface area contributed by atoms with Crippen LogP contribution >= 0.6 is 15.9 Å². The monoisotopic (exact) mass is 346 g/mol. The first-order valence-electron chi connectivity index (χ1n) is 6.35. The number of ether oxygens (including phenoxy) is 1. The van der Waals surface area contributed by atoms with Gasteiger partial charge in [-0.25, -0.2) is 0 Å². The predicted molar refractivity (Wildman–Crippen MR) is 79.5 cm³/mol. The van der Waals surface area contributed by atoms with Crippen LogP contribution in [0.3, 0.4) is 0 Å². The summed E-state index contributed by atoms with van der Waals surface area (Å²) in [6.07, 6.45) is 0. The summed E-state index contributed by atoms with van der Waals surface area (Å²) in [6.45, 7) is 2.56. The molecule has 0 saturated carbocycles. The Kier molecular flexibility index (Phi) is 3.43. The topological polar surface area (TPSA) is 66.5 Å². The zero-order valence-electron chi connectivity index (χ0n) is 11.2. The Morgan fingerprint density at radius 1 is 1.43 bits per heavy atom. The van der Waals surface area contributed by atoms with Crippen molar-refractivity contribution < 1.29 is 13.9 Å². The van der Waals surface area contributed by atoms with E-state index in [1.807, 2.05) is 24.3 Å². The molecule has 21 heavy (non-hydrogen) atoms. The molecule has 0 aliphatic carbocycles. The highest BCUT2D eigenvalue weighted by atomic mass is 79.9. The number of carbonyl (C=O) groups excluding carboxylic acids is 1. The quantitative estimate of drug-likeness (QED) is 0.794. The van der Waals surface area contributed by atoms with Crippen LogP contribution in [0.25, 0.3) is 0 Å². The number of benzene rings is 1. The Bertz CT molecular complexity index is 761. The van der Waals surface area contributed by atoms with Crippen LogP contribution < -0.4 is 9.64 Å². The lowest BCUT2D eigenvalue weighted by molar-refractivity contribution is 0.0975. The molecule has 5 nitrogen and oxygen atoms in total. The highest BCUT2D eigenvalue weighted by Crippen LogP contribution is 2.35. The van der Waals surface area contributed by atoms with Gasteiger partial charge in [0.15, 0.2) is 0 Å². The number of amides is 1. The number of rotatable bonds is 1. The molecule has 0 spiro atoms. The van der Waals surface area contributed by atoms with Crippen LogP contribution in [0, 0.1) is 18.3 Å². The van der Waals surface area contributed by atoms with Crippen LogP contribution in [0.15, 0.2) is 33.2 Å². The highest BCUT2D eigenvalue weighted by molar-refractivity contribution is 9.10. The fourth-order valence-electron chi connectivity index (χ4n) is 2.30. The maximum Gasteiger partial charge on any atom is 0.262 e. The van der Waals surface area contributed by atoms with Gasteiger partial charge in [0.05, 0.1) is 17.8 Å². The third-order valence-electron chi connectivity index (χ3n) is 3.29. The van der Waals surface area contributed by atoms with Crippen LogP contribution in [0.4, 0.5) is 5.69 Å². The van der Waals surface area contributed by atoms with E-state index in [2.05, 4.69) is 15.9 Å². The molecule has 1 amide bonds. The minimum absolute atomic E-state index is 0.138. The second-order valence-corrected chi connectivity index (χ2v) is 5.53. The number of furan rings is 1. The lowest BCUT2D eigenvalue weighted by Crippen LogP contribution is -2.38. The van der Waals surface area contributed by atoms with Gasteiger partial charge in [0.1, 0.15) is 24.2 Å². The molecule has 0 atom stereocenters. The fraction of sp³-hybridized carbons (Fsp3) is 0.200. The molecule has 2 heterocycles. The average molecular weight is 347 g/mol. The van der Waals surface area contributed by atoms with Gasteiger partial charge in [-0.1, -0.05) is 15.9 Å². The zero-order valence-corrected chi connectivity index (χ0v) is 12.8.